The SMILES string of the molecule is CC(C)CC(CCO)CNC(=O)C1CC(O)CN1.Cl. The van der Waals surface area contributed by atoms with E-state index in [9.17, 15) is 9.90 Å². The van der Waals surface area contributed by atoms with Crippen LogP contribution in [0.5, 0.6) is 0 Å². The maximum Gasteiger partial charge on any atom is 0.237 e. The fraction of sp³-hybridized carbons (Fsp3) is 0.923. The van der Waals surface area contributed by atoms with Gasteiger partial charge in [-0.15, -0.1) is 12.4 Å². The van der Waals surface area contributed by atoms with Crippen LogP contribution >= 0.6 is 12.4 Å². The highest BCUT2D eigenvalue weighted by Crippen LogP contribution is 2.14. The van der Waals surface area contributed by atoms with Gasteiger partial charge in [0.1, 0.15) is 0 Å². The molecule has 1 rings (SSSR count). The minimum Gasteiger partial charge on any atom is -0.396 e. The molecule has 5 nitrogen and oxygen atoms in total. The molecule has 0 spiro atoms. The van der Waals surface area contributed by atoms with Gasteiger partial charge in [0.05, 0.1) is 12.1 Å². The van der Waals surface area contributed by atoms with E-state index in [0.717, 1.165) is 12.8 Å². The van der Waals surface area contributed by atoms with Crippen molar-refractivity contribution in [2.24, 2.45) is 11.8 Å². The van der Waals surface area contributed by atoms with Crippen molar-refractivity contribution in [2.45, 2.75) is 45.3 Å². The summed E-state index contributed by atoms with van der Waals surface area (Å²) in [5.74, 6) is 0.841. The van der Waals surface area contributed by atoms with Crippen LogP contribution in [0.2, 0.25) is 0 Å². The molecule has 0 bridgehead atoms. The molecule has 0 aromatic carbocycles. The number of hydrogen-bond acceptors (Lipinski definition) is 4. The zero-order chi connectivity index (χ0) is 13.5. The van der Waals surface area contributed by atoms with Gasteiger partial charge in [-0.3, -0.25) is 4.79 Å². The summed E-state index contributed by atoms with van der Waals surface area (Å²) in [6.45, 7) is 5.53. The average Bonchev–Trinajstić information content (AvgIpc) is 2.72. The number of rotatable bonds is 7. The van der Waals surface area contributed by atoms with Gasteiger partial charge in [-0.25, -0.2) is 0 Å². The summed E-state index contributed by atoms with van der Waals surface area (Å²) in [6, 6.07) is -0.270. The van der Waals surface area contributed by atoms with E-state index in [2.05, 4.69) is 24.5 Å². The highest BCUT2D eigenvalue weighted by molar-refractivity contribution is 5.85. The van der Waals surface area contributed by atoms with Gasteiger partial charge in [0, 0.05) is 19.7 Å². The third-order valence-corrected chi connectivity index (χ3v) is 3.33. The number of β-amino-alcohol motifs (C(OH)–C–C–N with tert-alkyl or cyclic N) is 1. The van der Waals surface area contributed by atoms with E-state index in [1.54, 1.807) is 0 Å². The van der Waals surface area contributed by atoms with Gasteiger partial charge in [0.25, 0.3) is 0 Å². The van der Waals surface area contributed by atoms with E-state index in [0.29, 0.717) is 31.3 Å². The van der Waals surface area contributed by atoms with Crippen molar-refractivity contribution in [3.05, 3.63) is 0 Å². The van der Waals surface area contributed by atoms with Crippen molar-refractivity contribution >= 4 is 18.3 Å². The lowest BCUT2D eigenvalue weighted by atomic mass is 9.94. The van der Waals surface area contributed by atoms with Gasteiger partial charge in [0.2, 0.25) is 5.91 Å². The maximum absolute atomic E-state index is 11.8. The summed E-state index contributed by atoms with van der Waals surface area (Å²) in [5.41, 5.74) is 0. The Morgan fingerprint density at radius 1 is 1.47 bits per heavy atom. The molecule has 4 N–H and O–H groups in total. The van der Waals surface area contributed by atoms with E-state index >= 15 is 0 Å². The number of carbonyl (C=O) groups excluding carboxylic acids is 1. The second-order valence-electron chi connectivity index (χ2n) is 5.60. The Kier molecular flexibility index (Phi) is 9.35. The lowest BCUT2D eigenvalue weighted by Crippen LogP contribution is -2.42. The molecule has 1 aliphatic rings. The molecule has 19 heavy (non-hydrogen) atoms. The molecule has 6 heteroatoms. The van der Waals surface area contributed by atoms with Crippen molar-refractivity contribution in [3.8, 4) is 0 Å². The Morgan fingerprint density at radius 2 is 2.16 bits per heavy atom. The largest absolute Gasteiger partial charge is 0.396 e. The van der Waals surface area contributed by atoms with Gasteiger partial charge < -0.3 is 20.8 Å². The molecule has 114 valence electrons. The molecule has 1 amide bonds. The summed E-state index contributed by atoms with van der Waals surface area (Å²) in [6.07, 6.45) is 1.80. The Labute approximate surface area is 121 Å². The van der Waals surface area contributed by atoms with Gasteiger partial charge in [-0.2, -0.15) is 0 Å². The van der Waals surface area contributed by atoms with Crippen molar-refractivity contribution < 1.29 is 15.0 Å². The highest BCUT2D eigenvalue weighted by Gasteiger charge is 2.28. The highest BCUT2D eigenvalue weighted by atomic mass is 35.5. The minimum atomic E-state index is -0.412. The molecule has 3 atom stereocenters. The molecule has 1 saturated heterocycles. The maximum atomic E-state index is 11.8. The molecular formula is C13H27ClN2O3. The third-order valence-electron chi connectivity index (χ3n) is 3.33. The van der Waals surface area contributed by atoms with Crippen LogP contribution in [-0.4, -0.2) is 48.0 Å². The third kappa shape index (κ3) is 7.11. The van der Waals surface area contributed by atoms with Gasteiger partial charge in [-0.05, 0) is 31.1 Å². The number of halogens is 1. The minimum absolute atomic E-state index is 0. The molecule has 1 aliphatic heterocycles. The van der Waals surface area contributed by atoms with Crippen LogP contribution in [0.3, 0.4) is 0 Å². The summed E-state index contributed by atoms with van der Waals surface area (Å²) in [7, 11) is 0. The predicted octanol–water partition coefficient (Wildman–Crippen LogP) is 0.292. The fourth-order valence-electron chi connectivity index (χ4n) is 2.44. The van der Waals surface area contributed by atoms with Crippen LogP contribution in [-0.2, 0) is 4.79 Å². The smallest absolute Gasteiger partial charge is 0.237 e. The molecule has 1 heterocycles. The zero-order valence-corrected chi connectivity index (χ0v) is 12.6. The van der Waals surface area contributed by atoms with E-state index in [4.69, 9.17) is 5.11 Å². The van der Waals surface area contributed by atoms with Crippen molar-refractivity contribution in [3.63, 3.8) is 0 Å². The van der Waals surface area contributed by atoms with E-state index < -0.39 is 6.10 Å². The number of hydrogen-bond donors (Lipinski definition) is 4. The molecule has 1 fully saturated rings. The Balaban J connectivity index is 0.00000324. The summed E-state index contributed by atoms with van der Waals surface area (Å²) >= 11 is 0. The molecule has 0 radical (unpaired) electrons. The first-order valence-electron chi connectivity index (χ1n) is 6.83. The second-order valence-corrected chi connectivity index (χ2v) is 5.60. The topological polar surface area (TPSA) is 81.6 Å². The molecule has 0 saturated carbocycles. The Morgan fingerprint density at radius 3 is 2.63 bits per heavy atom. The fourth-order valence-corrected chi connectivity index (χ4v) is 2.44. The van der Waals surface area contributed by atoms with Crippen LogP contribution in [0.1, 0.15) is 33.1 Å². The Bertz CT molecular complexity index is 264. The van der Waals surface area contributed by atoms with Crippen LogP contribution in [0.25, 0.3) is 0 Å². The van der Waals surface area contributed by atoms with E-state index in [1.165, 1.54) is 0 Å². The molecular weight excluding hydrogens is 268 g/mol. The summed E-state index contributed by atoms with van der Waals surface area (Å²) in [4.78, 5) is 11.8. The van der Waals surface area contributed by atoms with Crippen LogP contribution in [0.15, 0.2) is 0 Å². The van der Waals surface area contributed by atoms with Crippen LogP contribution in [0.4, 0.5) is 0 Å². The first-order valence-corrected chi connectivity index (χ1v) is 6.83. The number of amides is 1. The number of carbonyl (C=O) groups is 1. The summed E-state index contributed by atoms with van der Waals surface area (Å²) in [5, 5.41) is 24.3. The predicted molar refractivity (Wildman–Crippen MR) is 77.3 cm³/mol. The van der Waals surface area contributed by atoms with Crippen molar-refractivity contribution in [2.75, 3.05) is 19.7 Å². The Hall–Kier alpha value is -0.360. The van der Waals surface area contributed by atoms with Crippen molar-refractivity contribution in [1.82, 2.24) is 10.6 Å². The molecule has 0 aromatic heterocycles. The number of aliphatic hydroxyl groups is 2. The standard InChI is InChI=1S/C13H26N2O3.ClH/c1-9(2)5-10(3-4-16)7-15-13(18)12-6-11(17)8-14-12;/h9-12,14,16-17H,3-8H2,1-2H3,(H,15,18);1H. The zero-order valence-electron chi connectivity index (χ0n) is 11.8. The molecule has 3 unspecified atom stereocenters. The quantitative estimate of drug-likeness (QED) is 0.544. The van der Waals surface area contributed by atoms with Crippen LogP contribution in [0, 0.1) is 11.8 Å². The molecule has 0 aromatic rings. The monoisotopic (exact) mass is 294 g/mol. The van der Waals surface area contributed by atoms with Gasteiger partial charge in [-0.1, -0.05) is 13.8 Å². The van der Waals surface area contributed by atoms with E-state index in [-0.39, 0.29) is 31.0 Å². The first kappa shape index (κ1) is 18.6. The van der Waals surface area contributed by atoms with Crippen LogP contribution < -0.4 is 10.6 Å². The van der Waals surface area contributed by atoms with Gasteiger partial charge in [0.15, 0.2) is 0 Å². The van der Waals surface area contributed by atoms with Crippen molar-refractivity contribution in [1.29, 1.82) is 0 Å². The number of nitrogens with one attached hydrogen (secondary N) is 2. The first-order chi connectivity index (χ1) is 8.52. The number of aliphatic hydroxyl groups excluding tert-OH is 2. The second kappa shape index (κ2) is 9.53. The lowest BCUT2D eigenvalue weighted by Gasteiger charge is -2.20. The lowest BCUT2D eigenvalue weighted by molar-refractivity contribution is -0.123. The summed E-state index contributed by atoms with van der Waals surface area (Å²) < 4.78 is 0. The molecule has 0 aliphatic carbocycles. The normalized spacial score (nSPS) is 24.1. The average molecular weight is 295 g/mol. The van der Waals surface area contributed by atoms with Gasteiger partial charge >= 0.3 is 0 Å². The van der Waals surface area contributed by atoms with E-state index in [1.807, 2.05) is 0 Å².